The fourth-order valence-electron chi connectivity index (χ4n) is 2.59. The number of halogens is 1. The second-order valence-electron chi connectivity index (χ2n) is 5.88. The molecular weight excluding hydrogens is 258 g/mol. The molecule has 0 unspecified atom stereocenters. The standard InChI is InChI=1S/C16H27NO.ClH/c1-10(2)6-7-14(18)16(17)15-12(4)8-11(3)9-13(15)5;/h8-10,14,16,18H,6-7,17H2,1-5H3;1H/t14-,16-;/m1./s1. The minimum absolute atomic E-state index is 0. The smallest absolute Gasteiger partial charge is 0.0733 e. The summed E-state index contributed by atoms with van der Waals surface area (Å²) in [4.78, 5) is 0. The van der Waals surface area contributed by atoms with Gasteiger partial charge in [-0.2, -0.15) is 0 Å². The van der Waals surface area contributed by atoms with Crippen LogP contribution in [0, 0.1) is 26.7 Å². The van der Waals surface area contributed by atoms with E-state index in [0.29, 0.717) is 5.92 Å². The van der Waals surface area contributed by atoms with E-state index >= 15 is 0 Å². The van der Waals surface area contributed by atoms with Crippen LogP contribution in [0.2, 0.25) is 0 Å². The molecule has 0 heterocycles. The lowest BCUT2D eigenvalue weighted by Crippen LogP contribution is -2.28. The van der Waals surface area contributed by atoms with Crippen molar-refractivity contribution in [1.29, 1.82) is 0 Å². The predicted octanol–water partition coefficient (Wildman–Crippen LogP) is 3.83. The third kappa shape index (κ3) is 5.13. The molecular formula is C16H28ClNO. The minimum atomic E-state index is -0.451. The average Bonchev–Trinajstić information content (AvgIpc) is 2.24. The molecule has 3 heteroatoms. The Balaban J connectivity index is 0.00000324. The zero-order valence-electron chi connectivity index (χ0n) is 12.7. The molecule has 0 aliphatic heterocycles. The van der Waals surface area contributed by atoms with Crippen LogP contribution in [0.25, 0.3) is 0 Å². The molecule has 0 aliphatic carbocycles. The molecule has 110 valence electrons. The summed E-state index contributed by atoms with van der Waals surface area (Å²) in [5, 5.41) is 10.2. The highest BCUT2D eigenvalue weighted by Gasteiger charge is 2.20. The van der Waals surface area contributed by atoms with Gasteiger partial charge in [0.2, 0.25) is 0 Å². The van der Waals surface area contributed by atoms with Crippen molar-refractivity contribution >= 4 is 12.4 Å². The lowest BCUT2D eigenvalue weighted by atomic mass is 9.89. The molecule has 0 fully saturated rings. The Bertz CT molecular complexity index is 381. The zero-order chi connectivity index (χ0) is 13.9. The highest BCUT2D eigenvalue weighted by molar-refractivity contribution is 5.85. The molecule has 0 saturated heterocycles. The van der Waals surface area contributed by atoms with Gasteiger partial charge < -0.3 is 10.8 Å². The number of nitrogens with two attached hydrogens (primary N) is 1. The van der Waals surface area contributed by atoms with Crippen molar-refractivity contribution in [3.8, 4) is 0 Å². The molecule has 1 aromatic rings. The van der Waals surface area contributed by atoms with Crippen molar-refractivity contribution in [2.75, 3.05) is 0 Å². The summed E-state index contributed by atoms with van der Waals surface area (Å²) in [5.41, 5.74) is 11.0. The summed E-state index contributed by atoms with van der Waals surface area (Å²) in [5.74, 6) is 0.604. The molecule has 2 nitrogen and oxygen atoms in total. The lowest BCUT2D eigenvalue weighted by Gasteiger charge is -2.24. The van der Waals surface area contributed by atoms with E-state index in [1.165, 1.54) is 16.7 Å². The average molecular weight is 286 g/mol. The van der Waals surface area contributed by atoms with E-state index in [1.807, 2.05) is 0 Å². The Morgan fingerprint density at radius 3 is 1.95 bits per heavy atom. The van der Waals surface area contributed by atoms with E-state index in [0.717, 1.165) is 18.4 Å². The molecule has 19 heavy (non-hydrogen) atoms. The number of aliphatic hydroxyl groups excluding tert-OH is 1. The molecule has 1 aromatic carbocycles. The van der Waals surface area contributed by atoms with Crippen molar-refractivity contribution in [3.05, 3.63) is 34.4 Å². The third-order valence-corrected chi connectivity index (χ3v) is 3.53. The van der Waals surface area contributed by atoms with Crippen LogP contribution in [0.1, 0.15) is 55.0 Å². The van der Waals surface area contributed by atoms with Gasteiger partial charge >= 0.3 is 0 Å². The van der Waals surface area contributed by atoms with Crippen LogP contribution >= 0.6 is 12.4 Å². The van der Waals surface area contributed by atoms with Gasteiger partial charge in [-0.25, -0.2) is 0 Å². The van der Waals surface area contributed by atoms with E-state index in [-0.39, 0.29) is 18.4 Å². The van der Waals surface area contributed by atoms with Crippen molar-refractivity contribution in [2.24, 2.45) is 11.7 Å². The first-order valence-electron chi connectivity index (χ1n) is 6.84. The van der Waals surface area contributed by atoms with Gasteiger partial charge in [-0.1, -0.05) is 31.5 Å². The fraction of sp³-hybridized carbons (Fsp3) is 0.625. The summed E-state index contributed by atoms with van der Waals surface area (Å²) in [6.07, 6.45) is 1.33. The first-order chi connectivity index (χ1) is 8.32. The second-order valence-corrected chi connectivity index (χ2v) is 5.88. The molecule has 1 rings (SSSR count). The van der Waals surface area contributed by atoms with Crippen LogP contribution in [-0.4, -0.2) is 11.2 Å². The predicted molar refractivity (Wildman–Crippen MR) is 84.9 cm³/mol. The van der Waals surface area contributed by atoms with Gasteiger partial charge in [0.25, 0.3) is 0 Å². The fourth-order valence-corrected chi connectivity index (χ4v) is 2.59. The van der Waals surface area contributed by atoms with Crippen molar-refractivity contribution in [3.63, 3.8) is 0 Å². The Hall–Kier alpha value is -0.570. The van der Waals surface area contributed by atoms with Crippen molar-refractivity contribution < 1.29 is 5.11 Å². The third-order valence-electron chi connectivity index (χ3n) is 3.53. The summed E-state index contributed by atoms with van der Waals surface area (Å²) in [7, 11) is 0. The Labute approximate surface area is 123 Å². The second kappa shape index (κ2) is 7.88. The summed E-state index contributed by atoms with van der Waals surface area (Å²) < 4.78 is 0. The van der Waals surface area contributed by atoms with E-state index < -0.39 is 6.10 Å². The molecule has 0 bridgehead atoms. The maximum atomic E-state index is 10.2. The van der Waals surface area contributed by atoms with Gasteiger partial charge in [0.05, 0.1) is 12.1 Å². The SMILES string of the molecule is Cc1cc(C)c([C@H](N)[C@H](O)CCC(C)C)c(C)c1.Cl. The van der Waals surface area contributed by atoms with E-state index in [1.54, 1.807) is 0 Å². The van der Waals surface area contributed by atoms with Crippen LogP contribution < -0.4 is 5.73 Å². The zero-order valence-corrected chi connectivity index (χ0v) is 13.6. The molecule has 0 aliphatic rings. The van der Waals surface area contributed by atoms with Crippen LogP contribution in [0.4, 0.5) is 0 Å². The minimum Gasteiger partial charge on any atom is -0.391 e. The first kappa shape index (κ1) is 18.4. The van der Waals surface area contributed by atoms with Crippen LogP contribution in [0.15, 0.2) is 12.1 Å². The van der Waals surface area contributed by atoms with Crippen molar-refractivity contribution in [1.82, 2.24) is 0 Å². The normalized spacial score (nSPS) is 14.1. The van der Waals surface area contributed by atoms with E-state index in [2.05, 4.69) is 46.8 Å². The van der Waals surface area contributed by atoms with Crippen LogP contribution in [0.3, 0.4) is 0 Å². The maximum Gasteiger partial charge on any atom is 0.0733 e. The number of aliphatic hydroxyl groups is 1. The Kier molecular flexibility index (Phi) is 7.65. The number of aryl methyl sites for hydroxylation is 3. The molecule has 0 amide bonds. The van der Waals surface area contributed by atoms with Gasteiger partial charge in [-0.05, 0) is 56.2 Å². The Morgan fingerprint density at radius 1 is 1.05 bits per heavy atom. The summed E-state index contributed by atoms with van der Waals surface area (Å²) in [6, 6.07) is 4.00. The molecule has 0 aromatic heterocycles. The lowest BCUT2D eigenvalue weighted by molar-refractivity contribution is 0.128. The highest BCUT2D eigenvalue weighted by Crippen LogP contribution is 2.26. The van der Waals surface area contributed by atoms with Gasteiger partial charge in [-0.15, -0.1) is 12.4 Å². The molecule has 3 N–H and O–H groups in total. The van der Waals surface area contributed by atoms with Gasteiger partial charge in [-0.3, -0.25) is 0 Å². The molecule has 0 radical (unpaired) electrons. The first-order valence-corrected chi connectivity index (χ1v) is 6.84. The van der Waals surface area contributed by atoms with Gasteiger partial charge in [0, 0.05) is 0 Å². The monoisotopic (exact) mass is 285 g/mol. The summed E-state index contributed by atoms with van der Waals surface area (Å²) >= 11 is 0. The summed E-state index contributed by atoms with van der Waals surface area (Å²) in [6.45, 7) is 10.6. The molecule has 0 saturated carbocycles. The van der Waals surface area contributed by atoms with Crippen molar-refractivity contribution in [2.45, 2.75) is 59.6 Å². The maximum absolute atomic E-state index is 10.2. The topological polar surface area (TPSA) is 46.2 Å². The van der Waals surface area contributed by atoms with Crippen LogP contribution in [0.5, 0.6) is 0 Å². The van der Waals surface area contributed by atoms with Crippen LogP contribution in [-0.2, 0) is 0 Å². The number of hydrogen-bond donors (Lipinski definition) is 2. The highest BCUT2D eigenvalue weighted by atomic mass is 35.5. The molecule has 2 atom stereocenters. The Morgan fingerprint density at radius 2 is 1.53 bits per heavy atom. The van der Waals surface area contributed by atoms with E-state index in [4.69, 9.17) is 5.73 Å². The molecule has 0 spiro atoms. The van der Waals surface area contributed by atoms with E-state index in [9.17, 15) is 5.11 Å². The quantitative estimate of drug-likeness (QED) is 0.864. The van der Waals surface area contributed by atoms with Gasteiger partial charge in [0.1, 0.15) is 0 Å². The van der Waals surface area contributed by atoms with Gasteiger partial charge in [0.15, 0.2) is 0 Å². The number of hydrogen-bond acceptors (Lipinski definition) is 2. The number of rotatable bonds is 5. The largest absolute Gasteiger partial charge is 0.391 e. The number of benzene rings is 1.